The Balaban J connectivity index is 1.91. The number of aliphatic imine (C=N–C) groups is 1. The summed E-state index contributed by atoms with van der Waals surface area (Å²) in [7, 11) is 0. The van der Waals surface area contributed by atoms with Crippen LogP contribution in [0.5, 0.6) is 0 Å². The quantitative estimate of drug-likeness (QED) is 0.912. The van der Waals surface area contributed by atoms with Crippen LogP contribution in [0.25, 0.3) is 0 Å². The summed E-state index contributed by atoms with van der Waals surface area (Å²) >= 11 is 6.34. The van der Waals surface area contributed by atoms with E-state index in [1.54, 1.807) is 6.20 Å². The predicted molar refractivity (Wildman–Crippen MR) is 85.6 cm³/mol. The number of rotatable bonds is 4. The van der Waals surface area contributed by atoms with Gasteiger partial charge >= 0.3 is 0 Å². The summed E-state index contributed by atoms with van der Waals surface area (Å²) in [6, 6.07) is 13.7. The minimum atomic E-state index is -0.0540. The lowest BCUT2D eigenvalue weighted by molar-refractivity contribution is 0.702. The molecule has 21 heavy (non-hydrogen) atoms. The predicted octanol–water partition coefficient (Wildman–Crippen LogP) is 2.57. The molecule has 1 aromatic carbocycles. The summed E-state index contributed by atoms with van der Waals surface area (Å²) in [5.41, 5.74) is 2.03. The Morgan fingerprint density at radius 1 is 1.10 bits per heavy atom. The van der Waals surface area contributed by atoms with Crippen LogP contribution < -0.4 is 10.6 Å². The number of benzene rings is 1. The number of hydrogen-bond donors (Lipinski definition) is 2. The van der Waals surface area contributed by atoms with Gasteiger partial charge in [-0.25, -0.2) is 4.99 Å². The second-order valence-electron chi connectivity index (χ2n) is 4.89. The maximum Gasteiger partial charge on any atom is 0.192 e. The van der Waals surface area contributed by atoms with E-state index in [9.17, 15) is 0 Å². The molecule has 2 heterocycles. The molecule has 1 aliphatic rings. The first-order valence-corrected chi connectivity index (χ1v) is 7.40. The monoisotopic (exact) mass is 300 g/mol. The Hall–Kier alpha value is -2.07. The molecular weight excluding hydrogens is 284 g/mol. The number of hydrogen-bond acceptors (Lipinski definition) is 2. The van der Waals surface area contributed by atoms with E-state index in [1.807, 2.05) is 42.5 Å². The van der Waals surface area contributed by atoms with Gasteiger partial charge in [0.15, 0.2) is 5.96 Å². The third-order valence-electron chi connectivity index (χ3n) is 3.39. The van der Waals surface area contributed by atoms with Crippen LogP contribution in [0.4, 0.5) is 0 Å². The highest BCUT2D eigenvalue weighted by atomic mass is 35.5. The minimum absolute atomic E-state index is 0.0540. The molecule has 108 valence electrons. The van der Waals surface area contributed by atoms with Gasteiger partial charge in [0, 0.05) is 36.4 Å². The number of pyridine rings is 1. The molecule has 5 heteroatoms. The Morgan fingerprint density at radius 2 is 1.86 bits per heavy atom. The first-order valence-electron chi connectivity index (χ1n) is 7.03. The fourth-order valence-corrected chi connectivity index (χ4v) is 2.62. The van der Waals surface area contributed by atoms with E-state index in [1.165, 1.54) is 0 Å². The first-order chi connectivity index (χ1) is 10.3. The Bertz CT molecular complexity index is 619. The average Bonchev–Trinajstić information content (AvgIpc) is 3.01. The van der Waals surface area contributed by atoms with Crippen molar-refractivity contribution in [2.75, 3.05) is 13.1 Å². The Labute approximate surface area is 129 Å². The molecule has 0 amide bonds. The largest absolute Gasteiger partial charge is 0.355 e. The van der Waals surface area contributed by atoms with Crippen LogP contribution in [-0.4, -0.2) is 24.0 Å². The highest BCUT2D eigenvalue weighted by Crippen LogP contribution is 2.28. The molecule has 1 unspecified atom stereocenters. The van der Waals surface area contributed by atoms with Crippen molar-refractivity contribution < 1.29 is 0 Å². The van der Waals surface area contributed by atoms with E-state index >= 15 is 0 Å². The third kappa shape index (κ3) is 3.52. The third-order valence-corrected chi connectivity index (χ3v) is 3.73. The van der Waals surface area contributed by atoms with Gasteiger partial charge in [-0.1, -0.05) is 35.9 Å². The summed E-state index contributed by atoms with van der Waals surface area (Å²) in [4.78, 5) is 9.17. The molecule has 1 atom stereocenters. The number of halogens is 1. The van der Waals surface area contributed by atoms with E-state index in [2.05, 4.69) is 15.6 Å². The molecule has 1 fully saturated rings. The molecule has 0 aliphatic carbocycles. The van der Waals surface area contributed by atoms with Crippen molar-refractivity contribution in [3.05, 3.63) is 64.9 Å². The van der Waals surface area contributed by atoms with Crippen LogP contribution in [-0.2, 0) is 6.42 Å². The minimum Gasteiger partial charge on any atom is -0.355 e. The summed E-state index contributed by atoms with van der Waals surface area (Å²) in [5, 5.41) is 7.21. The van der Waals surface area contributed by atoms with Crippen LogP contribution in [0.3, 0.4) is 0 Å². The van der Waals surface area contributed by atoms with Crippen molar-refractivity contribution in [2.45, 2.75) is 12.5 Å². The molecule has 0 spiro atoms. The Morgan fingerprint density at radius 3 is 2.57 bits per heavy atom. The van der Waals surface area contributed by atoms with Gasteiger partial charge in [0.2, 0.25) is 0 Å². The molecule has 2 N–H and O–H groups in total. The van der Waals surface area contributed by atoms with Crippen LogP contribution in [0.1, 0.15) is 17.3 Å². The zero-order chi connectivity index (χ0) is 14.5. The van der Waals surface area contributed by atoms with Crippen molar-refractivity contribution in [1.29, 1.82) is 0 Å². The van der Waals surface area contributed by atoms with E-state index in [4.69, 9.17) is 16.6 Å². The van der Waals surface area contributed by atoms with Gasteiger partial charge in [0.25, 0.3) is 0 Å². The molecule has 0 radical (unpaired) electrons. The highest BCUT2D eigenvalue weighted by Gasteiger charge is 2.17. The number of aromatic nitrogens is 1. The van der Waals surface area contributed by atoms with Crippen LogP contribution in [0.15, 0.2) is 53.7 Å². The number of nitrogens with one attached hydrogen (secondary N) is 2. The fraction of sp³-hybridized carbons (Fsp3) is 0.250. The van der Waals surface area contributed by atoms with Crippen LogP contribution >= 0.6 is 11.6 Å². The van der Waals surface area contributed by atoms with Crippen molar-refractivity contribution in [2.24, 2.45) is 4.99 Å². The standard InChI is InChI=1S/C16H17ClN4/c17-14-7-2-1-6-13(14)15(21-16-19-9-10-20-16)11-12-5-3-4-8-18-12/h1-8,15H,9-11H2,(H2,19,20,21). The van der Waals surface area contributed by atoms with E-state index < -0.39 is 0 Å². The normalized spacial score (nSPS) is 15.2. The summed E-state index contributed by atoms with van der Waals surface area (Å²) in [6.45, 7) is 1.80. The van der Waals surface area contributed by atoms with Crippen molar-refractivity contribution in [3.8, 4) is 0 Å². The van der Waals surface area contributed by atoms with Gasteiger partial charge in [0.05, 0.1) is 6.04 Å². The lowest BCUT2D eigenvalue weighted by atomic mass is 10.0. The number of guanidine groups is 1. The topological polar surface area (TPSA) is 49.3 Å². The zero-order valence-corrected chi connectivity index (χ0v) is 12.3. The molecule has 1 aromatic heterocycles. The van der Waals surface area contributed by atoms with Gasteiger partial charge < -0.3 is 10.6 Å². The second kappa shape index (κ2) is 6.59. The van der Waals surface area contributed by atoms with Crippen molar-refractivity contribution in [1.82, 2.24) is 15.6 Å². The first kappa shape index (κ1) is 13.9. The van der Waals surface area contributed by atoms with Gasteiger partial charge in [-0.2, -0.15) is 0 Å². The average molecular weight is 301 g/mol. The fourth-order valence-electron chi connectivity index (χ4n) is 2.36. The molecule has 0 bridgehead atoms. The smallest absolute Gasteiger partial charge is 0.192 e. The Kier molecular flexibility index (Phi) is 4.36. The highest BCUT2D eigenvalue weighted by molar-refractivity contribution is 6.31. The van der Waals surface area contributed by atoms with E-state index in [-0.39, 0.29) is 6.04 Å². The second-order valence-corrected chi connectivity index (χ2v) is 5.30. The maximum absolute atomic E-state index is 6.34. The summed E-state index contributed by atoms with van der Waals surface area (Å²) in [6.07, 6.45) is 2.52. The zero-order valence-electron chi connectivity index (χ0n) is 11.6. The molecular formula is C16H17ClN4. The van der Waals surface area contributed by atoms with E-state index in [0.29, 0.717) is 0 Å². The van der Waals surface area contributed by atoms with Crippen LogP contribution in [0, 0.1) is 0 Å². The van der Waals surface area contributed by atoms with Crippen molar-refractivity contribution in [3.63, 3.8) is 0 Å². The number of nitrogens with zero attached hydrogens (tertiary/aromatic N) is 2. The lowest BCUT2D eigenvalue weighted by Gasteiger charge is -2.15. The van der Waals surface area contributed by atoms with E-state index in [0.717, 1.165) is 41.7 Å². The van der Waals surface area contributed by atoms with Gasteiger partial charge in [-0.3, -0.25) is 4.98 Å². The molecule has 3 rings (SSSR count). The molecule has 2 aromatic rings. The SMILES string of the molecule is Clc1ccccc1C(Cc1ccccn1)N=C1NCCN1. The van der Waals surface area contributed by atoms with Crippen molar-refractivity contribution >= 4 is 17.6 Å². The summed E-state index contributed by atoms with van der Waals surface area (Å²) < 4.78 is 0. The lowest BCUT2D eigenvalue weighted by Crippen LogP contribution is -2.25. The van der Waals surface area contributed by atoms with Crippen LogP contribution in [0.2, 0.25) is 5.02 Å². The van der Waals surface area contributed by atoms with Gasteiger partial charge in [-0.05, 0) is 23.8 Å². The van der Waals surface area contributed by atoms with Gasteiger partial charge in [-0.15, -0.1) is 0 Å². The molecule has 1 saturated heterocycles. The maximum atomic E-state index is 6.34. The molecule has 0 saturated carbocycles. The molecule has 1 aliphatic heterocycles. The summed E-state index contributed by atoms with van der Waals surface area (Å²) in [5.74, 6) is 0.829. The molecule has 4 nitrogen and oxygen atoms in total. The van der Waals surface area contributed by atoms with Gasteiger partial charge in [0.1, 0.15) is 0 Å².